The monoisotopic (exact) mass is 397 g/mol. The number of sulfone groups is 1. The van der Waals surface area contributed by atoms with Gasteiger partial charge in [0.25, 0.3) is 5.91 Å². The van der Waals surface area contributed by atoms with Gasteiger partial charge in [0.1, 0.15) is 0 Å². The highest BCUT2D eigenvalue weighted by atomic mass is 32.2. The number of carboxylic acids is 1. The molecule has 1 unspecified atom stereocenters. The Kier molecular flexibility index (Phi) is 6.11. The molecule has 146 valence electrons. The number of amides is 1. The molecule has 1 aromatic heterocycles. The molecule has 0 fully saturated rings. The van der Waals surface area contributed by atoms with Crippen molar-refractivity contribution in [2.75, 3.05) is 20.5 Å². The zero-order valence-corrected chi connectivity index (χ0v) is 15.7. The highest BCUT2D eigenvalue weighted by Crippen LogP contribution is 2.31. The molecule has 0 saturated carbocycles. The molecular weight excluding hydrogens is 378 g/mol. The molecule has 27 heavy (non-hydrogen) atoms. The van der Waals surface area contributed by atoms with Gasteiger partial charge in [0, 0.05) is 6.26 Å². The Balaban J connectivity index is 2.30. The molecule has 2 aromatic rings. The number of carbonyl (C=O) groups excluding carboxylic acids is 1. The Morgan fingerprint density at radius 3 is 2.33 bits per heavy atom. The first-order valence-electron chi connectivity index (χ1n) is 7.70. The third-order valence-corrected chi connectivity index (χ3v) is 4.61. The van der Waals surface area contributed by atoms with E-state index in [1.54, 1.807) is 18.2 Å². The van der Waals surface area contributed by atoms with Crippen LogP contribution in [0.1, 0.15) is 28.6 Å². The number of benzene rings is 1. The average molecular weight is 397 g/mol. The smallest absolute Gasteiger partial charge is 0.305 e. The normalized spacial score (nSPS) is 12.3. The van der Waals surface area contributed by atoms with Crippen LogP contribution >= 0.6 is 0 Å². The Bertz CT molecular complexity index is 948. The summed E-state index contributed by atoms with van der Waals surface area (Å²) in [6.07, 6.45) is 0.547. The van der Waals surface area contributed by atoms with Crippen LogP contribution in [0.5, 0.6) is 11.5 Å². The molecule has 0 bridgehead atoms. The second-order valence-electron chi connectivity index (χ2n) is 5.63. The number of nitrogens with one attached hydrogen (secondary N) is 1. The summed E-state index contributed by atoms with van der Waals surface area (Å²) in [6.45, 7) is 0. The zero-order valence-electron chi connectivity index (χ0n) is 14.9. The third-order valence-electron chi connectivity index (χ3n) is 3.66. The van der Waals surface area contributed by atoms with Gasteiger partial charge >= 0.3 is 5.97 Å². The van der Waals surface area contributed by atoms with Gasteiger partial charge in [0.15, 0.2) is 17.3 Å². The van der Waals surface area contributed by atoms with Crippen molar-refractivity contribution >= 4 is 21.7 Å². The van der Waals surface area contributed by atoms with Crippen molar-refractivity contribution in [3.05, 3.63) is 41.7 Å². The average Bonchev–Trinajstić information content (AvgIpc) is 3.10. The first-order chi connectivity index (χ1) is 12.7. The van der Waals surface area contributed by atoms with Crippen molar-refractivity contribution in [1.82, 2.24) is 5.32 Å². The van der Waals surface area contributed by atoms with Gasteiger partial charge < -0.3 is 24.3 Å². The summed E-state index contributed by atoms with van der Waals surface area (Å²) in [5.41, 5.74) is 0.471. The Morgan fingerprint density at radius 1 is 1.15 bits per heavy atom. The maximum absolute atomic E-state index is 12.4. The number of hydrogen-bond donors (Lipinski definition) is 2. The predicted octanol–water partition coefficient (Wildman–Crippen LogP) is 1.65. The van der Waals surface area contributed by atoms with E-state index in [4.69, 9.17) is 19.0 Å². The maximum Gasteiger partial charge on any atom is 0.305 e. The second-order valence-corrected chi connectivity index (χ2v) is 7.58. The SMILES string of the molecule is COc1ccc(C(CC(=O)O)NC(=O)c2ccc(S(C)(=O)=O)o2)cc1OC. The minimum Gasteiger partial charge on any atom is -0.493 e. The summed E-state index contributed by atoms with van der Waals surface area (Å²) < 4.78 is 38.3. The van der Waals surface area contributed by atoms with Crippen LogP contribution in [0.15, 0.2) is 39.8 Å². The quantitative estimate of drug-likeness (QED) is 0.687. The van der Waals surface area contributed by atoms with Gasteiger partial charge in [-0.1, -0.05) is 6.07 Å². The summed E-state index contributed by atoms with van der Waals surface area (Å²) in [5.74, 6) is -1.30. The standard InChI is InChI=1S/C17H19NO8S/c1-24-12-5-4-10(8-14(12)25-2)11(9-15(19)20)18-17(21)13-6-7-16(26-13)27(3,22)23/h4-8,11H,9H2,1-3H3,(H,18,21)(H,19,20). The largest absolute Gasteiger partial charge is 0.493 e. The number of furan rings is 1. The zero-order chi connectivity index (χ0) is 20.2. The molecule has 1 aromatic carbocycles. The molecule has 0 aliphatic heterocycles. The predicted molar refractivity (Wildman–Crippen MR) is 93.8 cm³/mol. The second kappa shape index (κ2) is 8.12. The van der Waals surface area contributed by atoms with Crippen LogP contribution in [0.2, 0.25) is 0 Å². The molecule has 0 saturated heterocycles. The summed E-state index contributed by atoms with van der Waals surface area (Å²) in [4.78, 5) is 23.6. The van der Waals surface area contributed by atoms with E-state index in [-0.39, 0.29) is 10.9 Å². The van der Waals surface area contributed by atoms with Crippen molar-refractivity contribution in [1.29, 1.82) is 0 Å². The topological polar surface area (TPSA) is 132 Å². The van der Waals surface area contributed by atoms with Gasteiger partial charge in [-0.3, -0.25) is 9.59 Å². The Labute approximate surface area is 155 Å². The molecule has 9 nitrogen and oxygen atoms in total. The highest BCUT2D eigenvalue weighted by Gasteiger charge is 2.23. The van der Waals surface area contributed by atoms with E-state index < -0.39 is 34.2 Å². The molecule has 10 heteroatoms. The molecule has 1 heterocycles. The summed E-state index contributed by atoms with van der Waals surface area (Å²) in [7, 11) is -0.708. The lowest BCUT2D eigenvalue weighted by atomic mass is 10.0. The molecule has 1 atom stereocenters. The van der Waals surface area contributed by atoms with E-state index in [1.165, 1.54) is 20.3 Å². The first-order valence-corrected chi connectivity index (χ1v) is 9.59. The van der Waals surface area contributed by atoms with Crippen LogP contribution in [-0.4, -0.2) is 45.9 Å². The van der Waals surface area contributed by atoms with Crippen LogP contribution in [-0.2, 0) is 14.6 Å². The molecule has 2 rings (SSSR count). The van der Waals surface area contributed by atoms with Crippen LogP contribution < -0.4 is 14.8 Å². The van der Waals surface area contributed by atoms with Crippen molar-refractivity contribution < 1.29 is 37.0 Å². The number of hydrogen-bond acceptors (Lipinski definition) is 7. The minimum absolute atomic E-state index is 0.244. The van der Waals surface area contributed by atoms with Gasteiger partial charge in [-0.15, -0.1) is 0 Å². The van der Waals surface area contributed by atoms with Crippen LogP contribution in [0, 0.1) is 0 Å². The Hall–Kier alpha value is -3.01. The van der Waals surface area contributed by atoms with Gasteiger partial charge in [-0.25, -0.2) is 8.42 Å². The minimum atomic E-state index is -3.60. The van der Waals surface area contributed by atoms with E-state index in [0.717, 1.165) is 12.3 Å². The van der Waals surface area contributed by atoms with Crippen molar-refractivity contribution in [3.63, 3.8) is 0 Å². The van der Waals surface area contributed by atoms with Crippen LogP contribution in [0.3, 0.4) is 0 Å². The van der Waals surface area contributed by atoms with E-state index in [0.29, 0.717) is 17.1 Å². The van der Waals surface area contributed by atoms with Crippen molar-refractivity contribution in [2.24, 2.45) is 0 Å². The summed E-state index contributed by atoms with van der Waals surface area (Å²) in [6, 6.07) is 6.20. The van der Waals surface area contributed by atoms with Crippen molar-refractivity contribution in [3.8, 4) is 11.5 Å². The van der Waals surface area contributed by atoms with Crippen LogP contribution in [0.4, 0.5) is 0 Å². The fourth-order valence-electron chi connectivity index (χ4n) is 2.37. The van der Waals surface area contributed by atoms with Crippen molar-refractivity contribution in [2.45, 2.75) is 17.6 Å². The molecular formula is C17H19NO8S. The van der Waals surface area contributed by atoms with Gasteiger partial charge in [-0.05, 0) is 29.8 Å². The van der Waals surface area contributed by atoms with E-state index in [9.17, 15) is 18.0 Å². The molecule has 2 N–H and O–H groups in total. The maximum atomic E-state index is 12.4. The lowest BCUT2D eigenvalue weighted by Gasteiger charge is -2.18. The number of aliphatic carboxylic acids is 1. The Morgan fingerprint density at radius 2 is 1.81 bits per heavy atom. The molecule has 0 aliphatic carbocycles. The van der Waals surface area contributed by atoms with E-state index >= 15 is 0 Å². The van der Waals surface area contributed by atoms with E-state index in [2.05, 4.69) is 5.32 Å². The number of carbonyl (C=O) groups is 2. The number of ether oxygens (including phenoxy) is 2. The molecule has 0 spiro atoms. The summed E-state index contributed by atoms with van der Waals surface area (Å²) in [5, 5.41) is 11.3. The lowest BCUT2D eigenvalue weighted by molar-refractivity contribution is -0.137. The van der Waals surface area contributed by atoms with Gasteiger partial charge in [0.05, 0.1) is 26.7 Å². The fourth-order valence-corrected chi connectivity index (χ4v) is 2.92. The fraction of sp³-hybridized carbons (Fsp3) is 0.294. The number of rotatable bonds is 8. The number of methoxy groups -OCH3 is 2. The number of carboxylic acid groups (broad SMARTS) is 1. The van der Waals surface area contributed by atoms with E-state index in [1.807, 2.05) is 0 Å². The lowest BCUT2D eigenvalue weighted by Crippen LogP contribution is -2.30. The molecule has 1 amide bonds. The van der Waals surface area contributed by atoms with Gasteiger partial charge in [-0.2, -0.15) is 0 Å². The van der Waals surface area contributed by atoms with Gasteiger partial charge in [0.2, 0.25) is 14.9 Å². The first kappa shape index (κ1) is 20.3. The summed E-state index contributed by atoms with van der Waals surface area (Å²) >= 11 is 0. The highest BCUT2D eigenvalue weighted by molar-refractivity contribution is 7.90. The van der Waals surface area contributed by atoms with Crippen LogP contribution in [0.25, 0.3) is 0 Å². The third kappa shape index (κ3) is 5.00. The molecule has 0 aliphatic rings. The molecule has 0 radical (unpaired) electrons.